The van der Waals surface area contributed by atoms with E-state index < -0.39 is 0 Å². The largest absolute Gasteiger partial charge is 0.457 e. The fourth-order valence-electron chi connectivity index (χ4n) is 2.22. The molecule has 2 N–H and O–H groups in total. The molecule has 106 valence electrons. The lowest BCUT2D eigenvalue weighted by Crippen LogP contribution is -2.08. The molecule has 0 spiro atoms. The molecule has 0 aliphatic rings. The van der Waals surface area contributed by atoms with Gasteiger partial charge in [-0.3, -0.25) is 0 Å². The summed E-state index contributed by atoms with van der Waals surface area (Å²) in [7, 11) is 0. The van der Waals surface area contributed by atoms with Crippen molar-refractivity contribution in [3.63, 3.8) is 0 Å². The summed E-state index contributed by atoms with van der Waals surface area (Å²) in [6.45, 7) is 8.36. The van der Waals surface area contributed by atoms with Gasteiger partial charge in [0, 0.05) is 6.04 Å². The summed E-state index contributed by atoms with van der Waals surface area (Å²) in [6.07, 6.45) is 0.941. The van der Waals surface area contributed by atoms with Crippen LogP contribution in [0, 0.1) is 20.8 Å². The zero-order valence-electron chi connectivity index (χ0n) is 12.7. The van der Waals surface area contributed by atoms with Crippen LogP contribution in [0.2, 0.25) is 0 Å². The Morgan fingerprint density at radius 2 is 1.55 bits per heavy atom. The van der Waals surface area contributed by atoms with E-state index in [2.05, 4.69) is 39.8 Å². The summed E-state index contributed by atoms with van der Waals surface area (Å²) in [4.78, 5) is 0. The van der Waals surface area contributed by atoms with Gasteiger partial charge in [0.1, 0.15) is 11.5 Å². The van der Waals surface area contributed by atoms with Crippen molar-refractivity contribution in [2.75, 3.05) is 0 Å². The highest BCUT2D eigenvalue weighted by molar-refractivity contribution is 5.47. The smallest absolute Gasteiger partial charge is 0.133 e. The molecule has 0 amide bonds. The van der Waals surface area contributed by atoms with Gasteiger partial charge in [0.15, 0.2) is 0 Å². The van der Waals surface area contributed by atoms with Crippen LogP contribution in [0.25, 0.3) is 0 Å². The van der Waals surface area contributed by atoms with E-state index in [1.165, 1.54) is 11.1 Å². The second-order valence-electron chi connectivity index (χ2n) is 5.34. The maximum absolute atomic E-state index is 6.05. The van der Waals surface area contributed by atoms with E-state index in [-0.39, 0.29) is 6.04 Å². The van der Waals surface area contributed by atoms with Crippen LogP contribution in [0.5, 0.6) is 11.5 Å². The topological polar surface area (TPSA) is 35.2 Å². The van der Waals surface area contributed by atoms with E-state index >= 15 is 0 Å². The zero-order valence-corrected chi connectivity index (χ0v) is 12.7. The van der Waals surface area contributed by atoms with Gasteiger partial charge in [-0.15, -0.1) is 0 Å². The van der Waals surface area contributed by atoms with Gasteiger partial charge in [-0.25, -0.2) is 0 Å². The normalized spacial score (nSPS) is 12.2. The van der Waals surface area contributed by atoms with Gasteiger partial charge in [0.05, 0.1) is 0 Å². The lowest BCUT2D eigenvalue weighted by Gasteiger charge is -2.15. The van der Waals surface area contributed by atoms with Crippen molar-refractivity contribution in [1.82, 2.24) is 0 Å². The van der Waals surface area contributed by atoms with Gasteiger partial charge in [-0.1, -0.05) is 31.2 Å². The quantitative estimate of drug-likeness (QED) is 0.864. The van der Waals surface area contributed by atoms with Gasteiger partial charge in [0.2, 0.25) is 0 Å². The van der Waals surface area contributed by atoms with Crippen molar-refractivity contribution in [3.8, 4) is 11.5 Å². The number of benzene rings is 2. The monoisotopic (exact) mass is 269 g/mol. The van der Waals surface area contributed by atoms with Crippen LogP contribution in [0.15, 0.2) is 36.4 Å². The molecule has 0 saturated heterocycles. The Bertz CT molecular complexity index is 587. The third-order valence-corrected chi connectivity index (χ3v) is 3.84. The predicted octanol–water partition coefficient (Wildman–Crippen LogP) is 4.81. The lowest BCUT2D eigenvalue weighted by molar-refractivity contribution is 0.474. The molecule has 0 heterocycles. The summed E-state index contributed by atoms with van der Waals surface area (Å²) in [5, 5.41) is 0. The molecule has 2 nitrogen and oxygen atoms in total. The molecule has 2 heteroatoms. The lowest BCUT2D eigenvalue weighted by atomic mass is 10.0. The summed E-state index contributed by atoms with van der Waals surface area (Å²) in [5.41, 5.74) is 10.8. The van der Waals surface area contributed by atoms with Crippen molar-refractivity contribution in [2.45, 2.75) is 40.2 Å². The molecular formula is C18H23NO. The fraction of sp³-hybridized carbons (Fsp3) is 0.333. The Morgan fingerprint density at radius 3 is 2.15 bits per heavy atom. The summed E-state index contributed by atoms with van der Waals surface area (Å²) < 4.78 is 6.05. The molecule has 0 aliphatic carbocycles. The van der Waals surface area contributed by atoms with Crippen LogP contribution in [0.4, 0.5) is 0 Å². The van der Waals surface area contributed by atoms with E-state index in [0.29, 0.717) is 0 Å². The predicted molar refractivity (Wildman–Crippen MR) is 84.4 cm³/mol. The van der Waals surface area contributed by atoms with E-state index in [1.807, 2.05) is 24.3 Å². The van der Waals surface area contributed by atoms with Crippen molar-refractivity contribution in [1.29, 1.82) is 0 Å². The average molecular weight is 269 g/mol. The van der Waals surface area contributed by atoms with Crippen molar-refractivity contribution < 1.29 is 4.74 Å². The summed E-state index contributed by atoms with van der Waals surface area (Å²) in [6, 6.07) is 12.4. The number of ether oxygens (including phenoxy) is 1. The molecule has 2 aromatic rings. The van der Waals surface area contributed by atoms with Crippen LogP contribution in [-0.2, 0) is 0 Å². The third-order valence-electron chi connectivity index (χ3n) is 3.84. The third kappa shape index (κ3) is 3.02. The Balaban J connectivity index is 2.25. The van der Waals surface area contributed by atoms with E-state index in [1.54, 1.807) is 0 Å². The van der Waals surface area contributed by atoms with Crippen molar-refractivity contribution in [2.24, 2.45) is 5.73 Å². The van der Waals surface area contributed by atoms with Crippen LogP contribution in [-0.4, -0.2) is 0 Å². The molecule has 2 rings (SSSR count). The maximum Gasteiger partial charge on any atom is 0.133 e. The molecule has 0 fully saturated rings. The number of hydrogen-bond donors (Lipinski definition) is 1. The molecule has 0 radical (unpaired) electrons. The number of rotatable bonds is 4. The fourth-order valence-corrected chi connectivity index (χ4v) is 2.22. The highest BCUT2D eigenvalue weighted by atomic mass is 16.5. The SMILES string of the molecule is CC[C@H](N)c1ccc(Oc2c(C)ccc(C)c2C)cc1. The highest BCUT2D eigenvalue weighted by Crippen LogP contribution is 2.31. The Hall–Kier alpha value is -1.80. The first kappa shape index (κ1) is 14.6. The van der Waals surface area contributed by atoms with Gasteiger partial charge >= 0.3 is 0 Å². The molecule has 20 heavy (non-hydrogen) atoms. The van der Waals surface area contributed by atoms with Gasteiger partial charge in [-0.2, -0.15) is 0 Å². The molecule has 1 atom stereocenters. The van der Waals surface area contributed by atoms with Crippen LogP contribution < -0.4 is 10.5 Å². The standard InChI is InChI=1S/C18H23NO/c1-5-17(19)15-8-10-16(11-9-15)20-18-13(3)7-6-12(2)14(18)4/h6-11,17H,5,19H2,1-4H3/t17-/m0/s1. The van der Waals surface area contributed by atoms with Gasteiger partial charge in [0.25, 0.3) is 0 Å². The van der Waals surface area contributed by atoms with Crippen LogP contribution >= 0.6 is 0 Å². The first-order valence-corrected chi connectivity index (χ1v) is 7.13. The Kier molecular flexibility index (Phi) is 4.46. The number of aryl methyl sites for hydroxylation is 2. The minimum Gasteiger partial charge on any atom is -0.457 e. The molecule has 0 aliphatic heterocycles. The molecule has 2 aromatic carbocycles. The summed E-state index contributed by atoms with van der Waals surface area (Å²) >= 11 is 0. The molecule has 0 saturated carbocycles. The molecular weight excluding hydrogens is 246 g/mol. The van der Waals surface area contributed by atoms with Crippen molar-refractivity contribution >= 4 is 0 Å². The van der Waals surface area contributed by atoms with Crippen LogP contribution in [0.1, 0.15) is 41.6 Å². The maximum atomic E-state index is 6.05. The van der Waals surface area contributed by atoms with Crippen molar-refractivity contribution in [3.05, 3.63) is 58.7 Å². The second-order valence-corrected chi connectivity index (χ2v) is 5.34. The Labute approximate surface area is 121 Å². The molecule has 0 aromatic heterocycles. The number of nitrogens with two attached hydrogens (primary N) is 1. The molecule has 0 unspecified atom stereocenters. The summed E-state index contributed by atoms with van der Waals surface area (Å²) in [5.74, 6) is 1.81. The minimum atomic E-state index is 0.103. The highest BCUT2D eigenvalue weighted by Gasteiger charge is 2.08. The number of hydrogen-bond acceptors (Lipinski definition) is 2. The van der Waals surface area contributed by atoms with E-state index in [9.17, 15) is 0 Å². The van der Waals surface area contributed by atoms with Gasteiger partial charge in [-0.05, 0) is 61.6 Å². The second kappa shape index (κ2) is 6.10. The zero-order chi connectivity index (χ0) is 14.7. The first-order chi connectivity index (χ1) is 9.52. The minimum absolute atomic E-state index is 0.103. The first-order valence-electron chi connectivity index (χ1n) is 7.13. The van der Waals surface area contributed by atoms with Crippen LogP contribution in [0.3, 0.4) is 0 Å². The van der Waals surface area contributed by atoms with Gasteiger partial charge < -0.3 is 10.5 Å². The van der Waals surface area contributed by atoms with E-state index in [0.717, 1.165) is 29.0 Å². The van der Waals surface area contributed by atoms with E-state index in [4.69, 9.17) is 10.5 Å². The average Bonchev–Trinajstić information content (AvgIpc) is 2.47. The molecule has 0 bridgehead atoms. The Morgan fingerprint density at radius 1 is 0.950 bits per heavy atom.